The van der Waals surface area contributed by atoms with E-state index in [0.29, 0.717) is 15.2 Å². The van der Waals surface area contributed by atoms with Gasteiger partial charge < -0.3 is 5.32 Å². The first-order chi connectivity index (χ1) is 9.66. The standard InChI is InChI=1S/C14H18Cl3N3.2ClH/c15-10-8-19-14(17)13(16)12(10)11(7-9-1-2-9)20-5-3-18-4-6-20;;/h8-9,11,18H,1-7H2;2*1H/t11-;;/m0../s1. The Balaban J connectivity index is 0.00000121. The van der Waals surface area contributed by atoms with E-state index < -0.39 is 0 Å². The second kappa shape index (κ2) is 9.12. The van der Waals surface area contributed by atoms with Crippen LogP contribution in [0.1, 0.15) is 30.9 Å². The van der Waals surface area contributed by atoms with Gasteiger partial charge in [0, 0.05) is 44.0 Å². The monoisotopic (exact) mass is 405 g/mol. The molecule has 1 aliphatic carbocycles. The molecule has 22 heavy (non-hydrogen) atoms. The van der Waals surface area contributed by atoms with Gasteiger partial charge in [0.25, 0.3) is 0 Å². The Morgan fingerprint density at radius 1 is 1.18 bits per heavy atom. The fourth-order valence-electron chi connectivity index (χ4n) is 2.87. The van der Waals surface area contributed by atoms with Crippen molar-refractivity contribution in [3.05, 3.63) is 27.0 Å². The smallest absolute Gasteiger partial charge is 0.148 e. The molecule has 1 aromatic heterocycles. The molecule has 0 aromatic carbocycles. The number of nitrogens with zero attached hydrogens (tertiary/aromatic N) is 2. The summed E-state index contributed by atoms with van der Waals surface area (Å²) >= 11 is 18.9. The van der Waals surface area contributed by atoms with Gasteiger partial charge in [0.2, 0.25) is 0 Å². The van der Waals surface area contributed by atoms with Crippen molar-refractivity contribution in [2.45, 2.75) is 25.3 Å². The van der Waals surface area contributed by atoms with E-state index in [4.69, 9.17) is 34.8 Å². The molecule has 0 unspecified atom stereocenters. The minimum Gasteiger partial charge on any atom is -0.314 e. The fraction of sp³-hybridized carbons (Fsp3) is 0.643. The molecule has 1 aliphatic heterocycles. The Labute approximate surface area is 158 Å². The molecule has 1 atom stereocenters. The third kappa shape index (κ3) is 4.76. The van der Waals surface area contributed by atoms with Gasteiger partial charge in [-0.1, -0.05) is 47.6 Å². The van der Waals surface area contributed by atoms with Crippen molar-refractivity contribution < 1.29 is 0 Å². The van der Waals surface area contributed by atoms with Gasteiger partial charge in [-0.05, 0) is 12.3 Å². The highest BCUT2D eigenvalue weighted by Gasteiger charge is 2.33. The molecular weight excluding hydrogens is 387 g/mol. The minimum absolute atomic E-state index is 0. The van der Waals surface area contributed by atoms with Gasteiger partial charge in [0.1, 0.15) is 5.15 Å². The normalized spacial score (nSPS) is 20.0. The van der Waals surface area contributed by atoms with E-state index in [2.05, 4.69) is 15.2 Å². The van der Waals surface area contributed by atoms with Crippen LogP contribution in [0.15, 0.2) is 6.20 Å². The Kier molecular flexibility index (Phi) is 8.53. The summed E-state index contributed by atoms with van der Waals surface area (Å²) in [7, 11) is 0. The third-order valence-electron chi connectivity index (χ3n) is 4.15. The van der Waals surface area contributed by atoms with Gasteiger partial charge in [-0.25, -0.2) is 4.98 Å². The molecule has 0 amide bonds. The lowest BCUT2D eigenvalue weighted by Gasteiger charge is -2.36. The molecular formula is C14H20Cl5N3. The summed E-state index contributed by atoms with van der Waals surface area (Å²) in [6.45, 7) is 4.05. The highest BCUT2D eigenvalue weighted by molar-refractivity contribution is 6.43. The number of piperazine rings is 1. The lowest BCUT2D eigenvalue weighted by molar-refractivity contribution is 0.160. The van der Waals surface area contributed by atoms with Crippen LogP contribution in [0.5, 0.6) is 0 Å². The van der Waals surface area contributed by atoms with E-state index in [9.17, 15) is 0 Å². The van der Waals surface area contributed by atoms with Crippen molar-refractivity contribution in [1.29, 1.82) is 0 Å². The fourth-order valence-corrected chi connectivity index (χ4v) is 3.62. The molecule has 1 aromatic rings. The van der Waals surface area contributed by atoms with E-state index in [1.807, 2.05) is 0 Å². The lowest BCUT2D eigenvalue weighted by atomic mass is 9.99. The van der Waals surface area contributed by atoms with Crippen LogP contribution < -0.4 is 5.32 Å². The van der Waals surface area contributed by atoms with Crippen molar-refractivity contribution in [3.63, 3.8) is 0 Å². The highest BCUT2D eigenvalue weighted by atomic mass is 35.5. The Morgan fingerprint density at radius 3 is 2.41 bits per heavy atom. The topological polar surface area (TPSA) is 28.2 Å². The zero-order valence-electron chi connectivity index (χ0n) is 12.0. The summed E-state index contributed by atoms with van der Waals surface area (Å²) < 4.78 is 0. The van der Waals surface area contributed by atoms with E-state index in [0.717, 1.165) is 44.1 Å². The Morgan fingerprint density at radius 2 is 1.82 bits per heavy atom. The van der Waals surface area contributed by atoms with Crippen LogP contribution in [0.25, 0.3) is 0 Å². The summed E-state index contributed by atoms with van der Waals surface area (Å²) in [6.07, 6.45) is 5.36. The SMILES string of the molecule is Cl.Cl.Clc1cnc(Cl)c(Cl)c1[C@H](CC1CC1)N1CCNCC1. The average molecular weight is 408 g/mol. The quantitative estimate of drug-likeness (QED) is 0.738. The molecule has 126 valence electrons. The van der Waals surface area contributed by atoms with Gasteiger partial charge in [-0.3, -0.25) is 4.90 Å². The van der Waals surface area contributed by atoms with Crippen LogP contribution in [0.4, 0.5) is 0 Å². The minimum atomic E-state index is 0. The van der Waals surface area contributed by atoms with Gasteiger partial charge in [-0.15, -0.1) is 24.8 Å². The molecule has 1 saturated heterocycles. The number of hydrogen-bond acceptors (Lipinski definition) is 3. The molecule has 3 nitrogen and oxygen atoms in total. The van der Waals surface area contributed by atoms with Gasteiger partial charge in [-0.2, -0.15) is 0 Å². The predicted octanol–water partition coefficient (Wildman–Crippen LogP) is 4.63. The molecule has 2 heterocycles. The first kappa shape index (κ1) is 20.6. The number of aromatic nitrogens is 1. The van der Waals surface area contributed by atoms with Crippen molar-refractivity contribution in [2.24, 2.45) is 5.92 Å². The number of nitrogens with one attached hydrogen (secondary N) is 1. The number of halogens is 5. The largest absolute Gasteiger partial charge is 0.314 e. The second-order valence-electron chi connectivity index (χ2n) is 5.61. The molecule has 0 bridgehead atoms. The van der Waals surface area contributed by atoms with Gasteiger partial charge in [0.05, 0.1) is 10.0 Å². The zero-order valence-corrected chi connectivity index (χ0v) is 15.9. The van der Waals surface area contributed by atoms with Crippen LogP contribution in [0, 0.1) is 5.92 Å². The zero-order chi connectivity index (χ0) is 14.1. The number of rotatable bonds is 4. The highest BCUT2D eigenvalue weighted by Crippen LogP contribution is 2.44. The summed E-state index contributed by atoms with van der Waals surface area (Å²) in [5, 5.41) is 4.88. The third-order valence-corrected chi connectivity index (χ3v) is 5.21. The summed E-state index contributed by atoms with van der Waals surface area (Å²) in [5.41, 5.74) is 0.960. The van der Waals surface area contributed by atoms with Gasteiger partial charge >= 0.3 is 0 Å². The van der Waals surface area contributed by atoms with Crippen molar-refractivity contribution >= 4 is 59.6 Å². The molecule has 0 spiro atoms. The molecule has 3 rings (SSSR count). The Bertz CT molecular complexity index is 490. The van der Waals surface area contributed by atoms with Crippen molar-refractivity contribution in [1.82, 2.24) is 15.2 Å². The van der Waals surface area contributed by atoms with Crippen LogP contribution in [-0.2, 0) is 0 Å². The maximum atomic E-state index is 6.40. The molecule has 2 aliphatic rings. The predicted molar refractivity (Wildman–Crippen MR) is 98.3 cm³/mol. The van der Waals surface area contributed by atoms with Crippen LogP contribution in [0.3, 0.4) is 0 Å². The molecule has 0 radical (unpaired) electrons. The van der Waals surface area contributed by atoms with E-state index >= 15 is 0 Å². The maximum absolute atomic E-state index is 6.40. The van der Waals surface area contributed by atoms with Gasteiger partial charge in [0.15, 0.2) is 0 Å². The summed E-state index contributed by atoms with van der Waals surface area (Å²) in [5.74, 6) is 0.800. The number of hydrogen-bond donors (Lipinski definition) is 1. The average Bonchev–Trinajstić information content (AvgIpc) is 3.27. The molecule has 1 saturated carbocycles. The van der Waals surface area contributed by atoms with Crippen molar-refractivity contribution in [3.8, 4) is 0 Å². The maximum Gasteiger partial charge on any atom is 0.148 e. The van der Waals surface area contributed by atoms with Crippen LogP contribution in [0.2, 0.25) is 15.2 Å². The molecule has 2 fully saturated rings. The van der Waals surface area contributed by atoms with Crippen LogP contribution in [-0.4, -0.2) is 36.1 Å². The molecule has 8 heteroatoms. The molecule has 1 N–H and O–H groups in total. The van der Waals surface area contributed by atoms with E-state index in [1.165, 1.54) is 12.8 Å². The van der Waals surface area contributed by atoms with Crippen LogP contribution >= 0.6 is 59.6 Å². The summed E-state index contributed by atoms with van der Waals surface area (Å²) in [4.78, 5) is 6.50. The Hall–Kier alpha value is 0.520. The van der Waals surface area contributed by atoms with E-state index in [1.54, 1.807) is 6.20 Å². The first-order valence-electron chi connectivity index (χ1n) is 7.11. The summed E-state index contributed by atoms with van der Waals surface area (Å²) in [6, 6.07) is 0.255. The second-order valence-corrected chi connectivity index (χ2v) is 6.75. The lowest BCUT2D eigenvalue weighted by Crippen LogP contribution is -2.45. The van der Waals surface area contributed by atoms with E-state index in [-0.39, 0.29) is 30.9 Å². The van der Waals surface area contributed by atoms with Crippen molar-refractivity contribution in [2.75, 3.05) is 26.2 Å². The number of pyridine rings is 1. The first-order valence-corrected chi connectivity index (χ1v) is 8.24.